The summed E-state index contributed by atoms with van der Waals surface area (Å²) in [7, 11) is 2.98. The van der Waals surface area contributed by atoms with E-state index >= 15 is 0 Å². The lowest BCUT2D eigenvalue weighted by molar-refractivity contribution is -0.136. The number of nitrogens with one attached hydrogen (secondary N) is 1. The molecule has 1 heterocycles. The number of hydrogen-bond donors (Lipinski definition) is 1. The van der Waals surface area contributed by atoms with Crippen LogP contribution in [0.4, 0.5) is 5.13 Å². The smallest absolute Gasteiger partial charge is 0.248 e. The lowest BCUT2D eigenvalue weighted by Gasteiger charge is -2.15. The van der Waals surface area contributed by atoms with E-state index in [1.807, 2.05) is 0 Å². The second-order valence-corrected chi connectivity index (χ2v) is 5.89. The molecule has 0 radical (unpaired) electrons. The first kappa shape index (κ1) is 16.5. The molecular formula is C12H20N4O3S. The summed E-state index contributed by atoms with van der Waals surface area (Å²) in [6, 6.07) is 0. The Balaban J connectivity index is 2.46. The van der Waals surface area contributed by atoms with Crippen molar-refractivity contribution >= 4 is 28.3 Å². The molecule has 0 unspecified atom stereocenters. The number of ether oxygens (including phenoxy) is 1. The summed E-state index contributed by atoms with van der Waals surface area (Å²) >= 11 is 1.35. The first-order chi connectivity index (χ1) is 9.42. The van der Waals surface area contributed by atoms with Gasteiger partial charge in [-0.25, -0.2) is 0 Å². The van der Waals surface area contributed by atoms with E-state index in [0.29, 0.717) is 11.0 Å². The predicted octanol–water partition coefficient (Wildman–Crippen LogP) is 0.780. The van der Waals surface area contributed by atoms with Crippen molar-refractivity contribution in [2.24, 2.45) is 5.92 Å². The largest absolute Gasteiger partial charge is 0.375 e. The van der Waals surface area contributed by atoms with E-state index in [1.165, 1.54) is 23.3 Å². The molecule has 1 rings (SSSR count). The summed E-state index contributed by atoms with van der Waals surface area (Å²) in [6.07, 6.45) is 0.833. The molecule has 0 aromatic carbocycles. The van der Waals surface area contributed by atoms with Crippen molar-refractivity contribution in [3.63, 3.8) is 0 Å². The molecule has 2 amide bonds. The SMILES string of the molecule is COCC(=O)N(C)CC(=O)Nc1nnc(CC(C)C)s1. The number of amides is 2. The Labute approximate surface area is 122 Å². The van der Waals surface area contributed by atoms with Crippen LogP contribution >= 0.6 is 11.3 Å². The maximum absolute atomic E-state index is 11.8. The standard InChI is InChI=1S/C12H20N4O3S/c1-8(2)5-10-14-15-12(20-10)13-9(17)6-16(3)11(18)7-19-4/h8H,5-7H2,1-4H3,(H,13,15,17). The van der Waals surface area contributed by atoms with Gasteiger partial charge in [0.2, 0.25) is 16.9 Å². The summed E-state index contributed by atoms with van der Waals surface area (Å²) < 4.78 is 4.72. The van der Waals surface area contributed by atoms with Gasteiger partial charge in [-0.3, -0.25) is 14.9 Å². The number of carbonyl (C=O) groups excluding carboxylic acids is 2. The molecule has 20 heavy (non-hydrogen) atoms. The Bertz CT molecular complexity index is 461. The molecule has 1 aromatic rings. The third-order valence-electron chi connectivity index (χ3n) is 2.37. The fourth-order valence-corrected chi connectivity index (χ4v) is 2.40. The van der Waals surface area contributed by atoms with Crippen LogP contribution in [-0.2, 0) is 20.7 Å². The zero-order valence-electron chi connectivity index (χ0n) is 12.2. The highest BCUT2D eigenvalue weighted by Gasteiger charge is 2.14. The molecule has 0 aliphatic heterocycles. The maximum Gasteiger partial charge on any atom is 0.248 e. The molecule has 7 nitrogen and oxygen atoms in total. The second kappa shape index (κ2) is 7.91. The molecule has 8 heteroatoms. The van der Waals surface area contributed by atoms with Gasteiger partial charge in [-0.15, -0.1) is 10.2 Å². The van der Waals surface area contributed by atoms with Crippen molar-refractivity contribution in [1.29, 1.82) is 0 Å². The number of nitrogens with zero attached hydrogens (tertiary/aromatic N) is 3. The summed E-state index contributed by atoms with van der Waals surface area (Å²) in [6.45, 7) is 4.11. The van der Waals surface area contributed by atoms with Crippen molar-refractivity contribution in [2.75, 3.05) is 32.6 Å². The zero-order valence-corrected chi connectivity index (χ0v) is 13.0. The van der Waals surface area contributed by atoms with Gasteiger partial charge in [0.25, 0.3) is 0 Å². The Kier molecular flexibility index (Phi) is 6.53. The zero-order chi connectivity index (χ0) is 15.1. The van der Waals surface area contributed by atoms with Crippen LogP contribution in [-0.4, -0.2) is 54.2 Å². The van der Waals surface area contributed by atoms with E-state index in [9.17, 15) is 9.59 Å². The Morgan fingerprint density at radius 2 is 2.10 bits per heavy atom. The summed E-state index contributed by atoms with van der Waals surface area (Å²) in [4.78, 5) is 24.5. The number of methoxy groups -OCH3 is 1. The van der Waals surface area contributed by atoms with Crippen molar-refractivity contribution in [1.82, 2.24) is 15.1 Å². The van der Waals surface area contributed by atoms with Gasteiger partial charge < -0.3 is 9.64 Å². The van der Waals surface area contributed by atoms with Crippen molar-refractivity contribution in [3.8, 4) is 0 Å². The molecule has 0 saturated carbocycles. The van der Waals surface area contributed by atoms with Crippen LogP contribution < -0.4 is 5.32 Å². The van der Waals surface area contributed by atoms with E-state index < -0.39 is 0 Å². The minimum absolute atomic E-state index is 0.0404. The predicted molar refractivity (Wildman–Crippen MR) is 76.6 cm³/mol. The molecule has 0 spiro atoms. The number of likely N-dealkylation sites (N-methyl/N-ethyl adjacent to an activating group) is 1. The Morgan fingerprint density at radius 1 is 1.40 bits per heavy atom. The van der Waals surface area contributed by atoms with Crippen LogP contribution in [0.3, 0.4) is 0 Å². The number of anilines is 1. The lowest BCUT2D eigenvalue weighted by Crippen LogP contribution is -2.36. The average Bonchev–Trinajstić information content (AvgIpc) is 2.75. The van der Waals surface area contributed by atoms with E-state index in [4.69, 9.17) is 4.74 Å². The van der Waals surface area contributed by atoms with Gasteiger partial charge in [0.05, 0.1) is 6.54 Å². The van der Waals surface area contributed by atoms with E-state index in [0.717, 1.165) is 11.4 Å². The lowest BCUT2D eigenvalue weighted by atomic mass is 10.1. The highest BCUT2D eigenvalue weighted by Crippen LogP contribution is 2.18. The molecule has 112 valence electrons. The molecule has 1 aromatic heterocycles. The van der Waals surface area contributed by atoms with Crippen LogP contribution in [0.2, 0.25) is 0 Å². The van der Waals surface area contributed by atoms with Gasteiger partial charge in [0.1, 0.15) is 11.6 Å². The summed E-state index contributed by atoms with van der Waals surface area (Å²) in [5.74, 6) is -0.0612. The van der Waals surface area contributed by atoms with Gasteiger partial charge in [0, 0.05) is 20.6 Å². The highest BCUT2D eigenvalue weighted by molar-refractivity contribution is 7.15. The third-order valence-corrected chi connectivity index (χ3v) is 3.23. The first-order valence-electron chi connectivity index (χ1n) is 6.27. The van der Waals surface area contributed by atoms with Gasteiger partial charge in [-0.05, 0) is 5.92 Å². The average molecular weight is 300 g/mol. The molecule has 0 bridgehead atoms. The van der Waals surface area contributed by atoms with Gasteiger partial charge in [-0.1, -0.05) is 25.2 Å². The molecule has 0 aliphatic carbocycles. The third kappa shape index (κ3) is 5.62. The number of aromatic nitrogens is 2. The van der Waals surface area contributed by atoms with Crippen LogP contribution in [0, 0.1) is 5.92 Å². The van der Waals surface area contributed by atoms with Crippen molar-refractivity contribution < 1.29 is 14.3 Å². The number of rotatable bonds is 7. The summed E-state index contributed by atoms with van der Waals surface area (Å²) in [5.41, 5.74) is 0. The minimum Gasteiger partial charge on any atom is -0.375 e. The van der Waals surface area contributed by atoms with Crippen molar-refractivity contribution in [3.05, 3.63) is 5.01 Å². The fourth-order valence-electron chi connectivity index (χ4n) is 1.43. The van der Waals surface area contributed by atoms with Crippen LogP contribution in [0.1, 0.15) is 18.9 Å². The number of carbonyl (C=O) groups is 2. The second-order valence-electron chi connectivity index (χ2n) is 4.83. The Hall–Kier alpha value is -1.54. The van der Waals surface area contributed by atoms with E-state index in [2.05, 4.69) is 29.4 Å². The van der Waals surface area contributed by atoms with Crippen LogP contribution in [0.15, 0.2) is 0 Å². The molecule has 0 aliphatic rings. The maximum atomic E-state index is 11.8. The van der Waals surface area contributed by atoms with Crippen molar-refractivity contribution in [2.45, 2.75) is 20.3 Å². The normalized spacial score (nSPS) is 10.7. The first-order valence-corrected chi connectivity index (χ1v) is 7.09. The molecule has 1 N–H and O–H groups in total. The minimum atomic E-state index is -0.302. The molecule has 0 atom stereocenters. The van der Waals surface area contributed by atoms with E-state index in [1.54, 1.807) is 7.05 Å². The van der Waals surface area contributed by atoms with E-state index in [-0.39, 0.29) is 25.0 Å². The number of hydrogen-bond acceptors (Lipinski definition) is 6. The van der Waals surface area contributed by atoms with Gasteiger partial charge >= 0.3 is 0 Å². The summed E-state index contributed by atoms with van der Waals surface area (Å²) in [5, 5.41) is 11.9. The topological polar surface area (TPSA) is 84.4 Å². The van der Waals surface area contributed by atoms with Gasteiger partial charge in [0.15, 0.2) is 0 Å². The monoisotopic (exact) mass is 300 g/mol. The van der Waals surface area contributed by atoms with Gasteiger partial charge in [-0.2, -0.15) is 0 Å². The fraction of sp³-hybridized carbons (Fsp3) is 0.667. The molecule has 0 saturated heterocycles. The van der Waals surface area contributed by atoms with Crippen LogP contribution in [0.25, 0.3) is 0 Å². The quantitative estimate of drug-likeness (QED) is 0.804. The Morgan fingerprint density at radius 3 is 2.70 bits per heavy atom. The van der Waals surface area contributed by atoms with Crippen LogP contribution in [0.5, 0.6) is 0 Å². The highest BCUT2D eigenvalue weighted by atomic mass is 32.1. The molecular weight excluding hydrogens is 280 g/mol. The molecule has 0 fully saturated rings.